The van der Waals surface area contributed by atoms with Crippen LogP contribution in [0.4, 0.5) is 0 Å². The Hall–Kier alpha value is -3.36. The molecule has 0 radical (unpaired) electrons. The Kier molecular flexibility index (Phi) is 59.6. The number of unbranched alkanes of at least 4 members (excludes halogenated alkanes) is 27. The van der Waals surface area contributed by atoms with Gasteiger partial charge in [-0.2, -0.15) is 0 Å². The summed E-state index contributed by atoms with van der Waals surface area (Å²) < 4.78 is 23.7. The minimum atomic E-state index is -4.38. The monoisotopic (exact) mass is 1160 g/mol. The van der Waals surface area contributed by atoms with Gasteiger partial charge in [0.2, 0.25) is 5.91 Å². The fourth-order valence-electron chi connectivity index (χ4n) is 9.15. The topological polar surface area (TPSA) is 105 Å². The molecule has 0 aliphatic carbocycles. The molecule has 0 bridgehead atoms. The SMILES string of the molecule is CC/C=C\C/C=C\C/C=C\C/C=C\C/C=C\C/C=C\C/C=C\C/C=C\CCCCCCC(=O)NC(COP(=O)(O)OCC[N+](C)(C)C)C(O)/C=C/CC/C=C/CC/C=C/CCCCCCCCCCCCCCCCCCCCCCC. The number of aliphatic hydroxyl groups excluding tert-OH is 1. The van der Waals surface area contributed by atoms with Crippen LogP contribution in [0.15, 0.2) is 134 Å². The van der Waals surface area contributed by atoms with Gasteiger partial charge in [0.05, 0.1) is 39.9 Å². The van der Waals surface area contributed by atoms with Gasteiger partial charge in [0.15, 0.2) is 0 Å². The maximum absolute atomic E-state index is 13.0. The first-order valence-corrected chi connectivity index (χ1v) is 35.1. The van der Waals surface area contributed by atoms with Crippen LogP contribution in [-0.2, 0) is 18.4 Å². The Bertz CT molecular complexity index is 1800. The molecule has 0 saturated carbocycles. The Balaban J connectivity index is 4.28. The summed E-state index contributed by atoms with van der Waals surface area (Å²) >= 11 is 0. The molecule has 1 amide bonds. The number of hydrogen-bond donors (Lipinski definition) is 3. The van der Waals surface area contributed by atoms with Gasteiger partial charge in [0.1, 0.15) is 13.2 Å². The van der Waals surface area contributed by atoms with Crippen molar-refractivity contribution in [1.29, 1.82) is 0 Å². The molecule has 0 fully saturated rings. The van der Waals surface area contributed by atoms with Crippen molar-refractivity contribution in [2.75, 3.05) is 40.9 Å². The van der Waals surface area contributed by atoms with Crippen LogP contribution < -0.4 is 5.32 Å². The van der Waals surface area contributed by atoms with E-state index in [0.29, 0.717) is 17.4 Å². The van der Waals surface area contributed by atoms with Crippen LogP contribution in [0.2, 0.25) is 0 Å². The van der Waals surface area contributed by atoms with Crippen molar-refractivity contribution >= 4 is 13.7 Å². The number of allylic oxidation sites excluding steroid dienone is 21. The summed E-state index contributed by atoms with van der Waals surface area (Å²) in [5.41, 5.74) is 0. The van der Waals surface area contributed by atoms with E-state index in [1.54, 1.807) is 6.08 Å². The number of quaternary nitrogens is 1. The van der Waals surface area contributed by atoms with Crippen LogP contribution >= 0.6 is 7.82 Å². The highest BCUT2D eigenvalue weighted by Gasteiger charge is 2.27. The molecule has 3 unspecified atom stereocenters. The molecule has 0 saturated heterocycles. The molecule has 0 aliphatic rings. The molecule has 0 aromatic rings. The molecule has 82 heavy (non-hydrogen) atoms. The highest BCUT2D eigenvalue weighted by Crippen LogP contribution is 2.43. The van der Waals surface area contributed by atoms with Crippen molar-refractivity contribution in [3.05, 3.63) is 134 Å². The Morgan fingerprint density at radius 1 is 0.427 bits per heavy atom. The van der Waals surface area contributed by atoms with Crippen LogP contribution in [-0.4, -0.2) is 73.4 Å². The lowest BCUT2D eigenvalue weighted by Crippen LogP contribution is -2.45. The molecule has 0 aliphatic heterocycles. The van der Waals surface area contributed by atoms with Crippen molar-refractivity contribution in [3.63, 3.8) is 0 Å². The third-order valence-electron chi connectivity index (χ3n) is 14.3. The van der Waals surface area contributed by atoms with Gasteiger partial charge < -0.3 is 19.8 Å². The second kappa shape index (κ2) is 62.2. The Morgan fingerprint density at radius 3 is 1.12 bits per heavy atom. The average Bonchev–Trinajstić information content (AvgIpc) is 3.47. The molecule has 470 valence electrons. The van der Waals surface area contributed by atoms with E-state index in [1.807, 2.05) is 27.2 Å². The van der Waals surface area contributed by atoms with Gasteiger partial charge in [0.25, 0.3) is 0 Å². The van der Waals surface area contributed by atoms with E-state index in [1.165, 1.54) is 141 Å². The molecule has 0 heterocycles. The van der Waals surface area contributed by atoms with Crippen LogP contribution in [0.3, 0.4) is 0 Å². The molecule has 0 aromatic carbocycles. The second-order valence-electron chi connectivity index (χ2n) is 23.4. The molecule has 0 spiro atoms. The minimum absolute atomic E-state index is 0.0405. The second-order valence-corrected chi connectivity index (χ2v) is 24.9. The smallest absolute Gasteiger partial charge is 0.387 e. The molecule has 8 nitrogen and oxygen atoms in total. The predicted molar refractivity (Wildman–Crippen MR) is 359 cm³/mol. The standard InChI is InChI=1S/C73H127N2O6P/c1-6-8-10-12-14-16-18-20-22-24-26-28-30-32-34-36-37-39-40-42-44-46-48-50-52-54-56-58-60-62-64-66-72(76)71(70-81-82(78,79)80-69-68-75(3,4)5)74-73(77)67-65-63-61-59-57-55-53-51-49-47-45-43-41-38-35-33-31-29-27-25-23-21-19-17-15-13-11-9-7-2/h9,11,15,17,21,23,27,29,33,35,41,43,47-50,53,55-56,58,64,66,71-72,76H,6-8,10,12-14,16,18-20,22,24-26,28,30-32,34,36-40,42,44-46,51-52,54,57,59-63,65,67-70H2,1-5H3,(H-,74,77,78,79)/p+1/b11-9-,17-15-,23-21-,29-27-,35-33-,43-41-,49-47-,50-48+,55-53-,58-56+,66-64+. The van der Waals surface area contributed by atoms with Gasteiger partial charge in [-0.1, -0.05) is 289 Å². The minimum Gasteiger partial charge on any atom is -0.387 e. The molecule has 9 heteroatoms. The summed E-state index contributed by atoms with van der Waals surface area (Å²) in [5.74, 6) is -0.219. The van der Waals surface area contributed by atoms with Gasteiger partial charge in [-0.3, -0.25) is 13.8 Å². The number of nitrogens with one attached hydrogen (secondary N) is 1. The number of carbonyl (C=O) groups is 1. The summed E-state index contributed by atoms with van der Waals surface area (Å²) in [4.78, 5) is 23.4. The summed E-state index contributed by atoms with van der Waals surface area (Å²) in [6.45, 7) is 4.66. The molecular formula is C73H128N2O6P+. The first-order chi connectivity index (χ1) is 40.0. The maximum Gasteiger partial charge on any atom is 0.472 e. The highest BCUT2D eigenvalue weighted by molar-refractivity contribution is 7.47. The quantitative estimate of drug-likeness (QED) is 0.0243. The first kappa shape index (κ1) is 78.6. The molecular weight excluding hydrogens is 1030 g/mol. The number of amides is 1. The first-order valence-electron chi connectivity index (χ1n) is 33.6. The summed E-state index contributed by atoms with van der Waals surface area (Å²) in [6.07, 6.45) is 94.5. The van der Waals surface area contributed by atoms with E-state index in [2.05, 4.69) is 141 Å². The lowest BCUT2D eigenvalue weighted by molar-refractivity contribution is -0.870. The maximum atomic E-state index is 13.0. The fourth-order valence-corrected chi connectivity index (χ4v) is 9.89. The van der Waals surface area contributed by atoms with Crippen molar-refractivity contribution in [3.8, 4) is 0 Å². The van der Waals surface area contributed by atoms with Gasteiger partial charge >= 0.3 is 7.82 Å². The third kappa shape index (κ3) is 64.2. The number of nitrogens with zero attached hydrogens (tertiary/aromatic N) is 1. The highest BCUT2D eigenvalue weighted by atomic mass is 31.2. The molecule has 3 N–H and O–H groups in total. The van der Waals surface area contributed by atoms with E-state index in [0.717, 1.165) is 109 Å². The fraction of sp³-hybridized carbons (Fsp3) is 0.685. The van der Waals surface area contributed by atoms with Crippen molar-refractivity contribution in [1.82, 2.24) is 5.32 Å². The van der Waals surface area contributed by atoms with Crippen molar-refractivity contribution < 1.29 is 32.9 Å². The molecule has 0 rings (SSSR count). The van der Waals surface area contributed by atoms with Crippen LogP contribution in [0.25, 0.3) is 0 Å². The van der Waals surface area contributed by atoms with E-state index in [9.17, 15) is 19.4 Å². The average molecular weight is 1160 g/mol. The number of hydrogen-bond acceptors (Lipinski definition) is 5. The number of carbonyl (C=O) groups excluding carboxylic acids is 1. The summed E-state index contributed by atoms with van der Waals surface area (Å²) in [7, 11) is 1.51. The van der Waals surface area contributed by atoms with Gasteiger partial charge in [0, 0.05) is 6.42 Å². The van der Waals surface area contributed by atoms with Crippen LogP contribution in [0.1, 0.15) is 271 Å². The zero-order valence-electron chi connectivity index (χ0n) is 53.7. The van der Waals surface area contributed by atoms with Gasteiger partial charge in [-0.15, -0.1) is 0 Å². The number of aliphatic hydroxyl groups is 1. The summed E-state index contributed by atoms with van der Waals surface area (Å²) in [6, 6.07) is -0.896. The zero-order chi connectivity index (χ0) is 59.8. The van der Waals surface area contributed by atoms with Crippen LogP contribution in [0.5, 0.6) is 0 Å². The van der Waals surface area contributed by atoms with E-state index >= 15 is 0 Å². The Labute approximate surface area is 506 Å². The number of phosphoric ester groups is 1. The predicted octanol–water partition coefficient (Wildman–Crippen LogP) is 21.4. The molecule has 0 aromatic heterocycles. The Morgan fingerprint density at radius 2 is 0.744 bits per heavy atom. The number of phosphoric acid groups is 1. The third-order valence-corrected chi connectivity index (χ3v) is 15.3. The van der Waals surface area contributed by atoms with Gasteiger partial charge in [-0.05, 0) is 109 Å². The number of rotatable bonds is 60. The molecule has 3 atom stereocenters. The van der Waals surface area contributed by atoms with E-state index < -0.39 is 20.0 Å². The van der Waals surface area contributed by atoms with E-state index in [4.69, 9.17) is 9.05 Å². The van der Waals surface area contributed by atoms with Crippen molar-refractivity contribution in [2.45, 2.75) is 283 Å². The number of likely N-dealkylation sites (N-methyl/N-ethyl adjacent to an activating group) is 1. The largest absolute Gasteiger partial charge is 0.472 e. The van der Waals surface area contributed by atoms with Gasteiger partial charge in [-0.25, -0.2) is 4.57 Å². The summed E-state index contributed by atoms with van der Waals surface area (Å²) in [5, 5.41) is 13.9. The normalized spacial score (nSPS) is 14.6. The van der Waals surface area contributed by atoms with E-state index in [-0.39, 0.29) is 19.1 Å². The lowest BCUT2D eigenvalue weighted by atomic mass is 10.0. The lowest BCUT2D eigenvalue weighted by Gasteiger charge is -2.25. The zero-order valence-corrected chi connectivity index (χ0v) is 54.6. The van der Waals surface area contributed by atoms with Crippen molar-refractivity contribution in [2.24, 2.45) is 0 Å². The van der Waals surface area contributed by atoms with Crippen LogP contribution in [0, 0.1) is 0 Å².